The number of rotatable bonds is 12. The van der Waals surface area contributed by atoms with Crippen LogP contribution in [0.4, 0.5) is 0 Å². The van der Waals surface area contributed by atoms with E-state index in [1.807, 2.05) is 41.8 Å². The minimum Gasteiger partial charge on any atom is -0.396 e. The maximum absolute atomic E-state index is 9.06. The standard InChI is InChI=1S/2C11H25NO2/c2*1-8(6-13)10(3)12(5)11(4)9(2)7-14/h2*8-11,13-14H,6-7H2,1-5H3. The van der Waals surface area contributed by atoms with Gasteiger partial charge in [0.25, 0.3) is 0 Å². The summed E-state index contributed by atoms with van der Waals surface area (Å²) in [6, 6.07) is 1.35. The first-order chi connectivity index (χ1) is 12.9. The van der Waals surface area contributed by atoms with E-state index in [-0.39, 0.29) is 50.1 Å². The van der Waals surface area contributed by atoms with Gasteiger partial charge in [-0.2, -0.15) is 0 Å². The molecule has 0 aromatic heterocycles. The Morgan fingerprint density at radius 3 is 0.679 bits per heavy atom. The highest BCUT2D eigenvalue weighted by Gasteiger charge is 2.24. The molecule has 0 aliphatic rings. The highest BCUT2D eigenvalue weighted by Crippen LogP contribution is 2.17. The first-order valence-corrected chi connectivity index (χ1v) is 10.8. The Morgan fingerprint density at radius 1 is 0.429 bits per heavy atom. The third-order valence-corrected chi connectivity index (χ3v) is 7.02. The third kappa shape index (κ3) is 9.99. The van der Waals surface area contributed by atoms with Crippen LogP contribution in [0.2, 0.25) is 0 Å². The van der Waals surface area contributed by atoms with Crippen LogP contribution in [0.5, 0.6) is 0 Å². The molecule has 0 aromatic rings. The molecule has 6 heteroatoms. The summed E-state index contributed by atoms with van der Waals surface area (Å²) in [7, 11) is 4.10. The van der Waals surface area contributed by atoms with Gasteiger partial charge in [0.1, 0.15) is 0 Å². The molecule has 8 unspecified atom stereocenters. The van der Waals surface area contributed by atoms with Gasteiger partial charge in [0.2, 0.25) is 0 Å². The molecule has 0 spiro atoms. The second-order valence-electron chi connectivity index (χ2n) is 8.93. The van der Waals surface area contributed by atoms with Crippen LogP contribution in [0.15, 0.2) is 0 Å². The predicted molar refractivity (Wildman–Crippen MR) is 118 cm³/mol. The Bertz CT molecular complexity index is 306. The molecule has 172 valence electrons. The number of nitrogens with zero attached hydrogens (tertiary/aromatic N) is 2. The second kappa shape index (κ2) is 15.6. The lowest BCUT2D eigenvalue weighted by molar-refractivity contribution is 0.0697. The average molecular weight is 407 g/mol. The molecule has 6 nitrogen and oxygen atoms in total. The summed E-state index contributed by atoms with van der Waals surface area (Å²) in [6.07, 6.45) is 0. The maximum atomic E-state index is 9.06. The van der Waals surface area contributed by atoms with Crippen molar-refractivity contribution in [1.82, 2.24) is 9.80 Å². The fourth-order valence-electron chi connectivity index (χ4n) is 2.96. The smallest absolute Gasteiger partial charge is 0.0471 e. The Morgan fingerprint density at radius 2 is 0.571 bits per heavy atom. The Balaban J connectivity index is 0. The predicted octanol–water partition coefficient (Wildman–Crippen LogP) is 1.90. The van der Waals surface area contributed by atoms with Crippen molar-refractivity contribution in [2.45, 2.75) is 79.6 Å². The van der Waals surface area contributed by atoms with Gasteiger partial charge >= 0.3 is 0 Å². The zero-order chi connectivity index (χ0) is 22.6. The Kier molecular flexibility index (Phi) is 16.7. The molecule has 0 amide bonds. The van der Waals surface area contributed by atoms with E-state index in [0.717, 1.165) is 0 Å². The first kappa shape index (κ1) is 30.0. The summed E-state index contributed by atoms with van der Waals surface area (Å²) in [6.45, 7) is 17.5. The summed E-state index contributed by atoms with van der Waals surface area (Å²) >= 11 is 0. The van der Waals surface area contributed by atoms with Crippen LogP contribution in [0, 0.1) is 23.7 Å². The fourth-order valence-corrected chi connectivity index (χ4v) is 2.96. The lowest BCUT2D eigenvalue weighted by Crippen LogP contribution is -2.45. The molecule has 0 radical (unpaired) electrons. The lowest BCUT2D eigenvalue weighted by Gasteiger charge is -2.36. The van der Waals surface area contributed by atoms with Gasteiger partial charge in [-0.3, -0.25) is 0 Å². The van der Waals surface area contributed by atoms with Crippen LogP contribution < -0.4 is 0 Å². The van der Waals surface area contributed by atoms with Gasteiger partial charge in [0.05, 0.1) is 0 Å². The van der Waals surface area contributed by atoms with Crippen molar-refractivity contribution in [3.8, 4) is 0 Å². The zero-order valence-corrected chi connectivity index (χ0v) is 20.1. The largest absolute Gasteiger partial charge is 0.396 e. The number of aliphatic hydroxyl groups is 4. The van der Waals surface area contributed by atoms with Crippen molar-refractivity contribution in [2.24, 2.45) is 23.7 Å². The van der Waals surface area contributed by atoms with Gasteiger partial charge in [0, 0.05) is 50.6 Å². The summed E-state index contributed by atoms with van der Waals surface area (Å²) in [5.41, 5.74) is 0. The second-order valence-corrected chi connectivity index (χ2v) is 8.93. The summed E-state index contributed by atoms with van der Waals surface area (Å²) in [4.78, 5) is 4.45. The zero-order valence-electron chi connectivity index (χ0n) is 20.1. The van der Waals surface area contributed by atoms with Gasteiger partial charge in [0.15, 0.2) is 0 Å². The maximum Gasteiger partial charge on any atom is 0.0471 e. The van der Waals surface area contributed by atoms with Crippen molar-refractivity contribution in [3.05, 3.63) is 0 Å². The van der Waals surface area contributed by atoms with Gasteiger partial charge in [-0.25, -0.2) is 0 Å². The van der Waals surface area contributed by atoms with Crippen LogP contribution >= 0.6 is 0 Å². The van der Waals surface area contributed by atoms with E-state index < -0.39 is 0 Å². The molecular formula is C22H50N2O4. The molecule has 28 heavy (non-hydrogen) atoms. The molecule has 0 heterocycles. The molecule has 0 aliphatic heterocycles. The van der Waals surface area contributed by atoms with Gasteiger partial charge in [-0.15, -0.1) is 0 Å². The van der Waals surface area contributed by atoms with E-state index in [2.05, 4.69) is 37.5 Å². The number of hydrogen-bond acceptors (Lipinski definition) is 6. The van der Waals surface area contributed by atoms with Crippen molar-refractivity contribution in [1.29, 1.82) is 0 Å². The molecular weight excluding hydrogens is 356 g/mol. The highest BCUT2D eigenvalue weighted by atomic mass is 16.3. The van der Waals surface area contributed by atoms with E-state index in [9.17, 15) is 0 Å². The molecule has 0 aromatic carbocycles. The topological polar surface area (TPSA) is 87.4 Å². The van der Waals surface area contributed by atoms with E-state index in [1.165, 1.54) is 0 Å². The third-order valence-electron chi connectivity index (χ3n) is 7.02. The monoisotopic (exact) mass is 406 g/mol. The highest BCUT2D eigenvalue weighted by molar-refractivity contribution is 4.78. The normalized spacial score (nSPS) is 20.6. The average Bonchev–Trinajstić information content (AvgIpc) is 2.73. The molecule has 4 N–H and O–H groups in total. The van der Waals surface area contributed by atoms with Gasteiger partial charge < -0.3 is 30.2 Å². The molecule has 0 saturated carbocycles. The van der Waals surface area contributed by atoms with Crippen molar-refractivity contribution < 1.29 is 20.4 Å². The van der Waals surface area contributed by atoms with Crippen LogP contribution in [-0.2, 0) is 0 Å². The van der Waals surface area contributed by atoms with E-state index >= 15 is 0 Å². The number of aliphatic hydroxyl groups excluding tert-OH is 4. The van der Waals surface area contributed by atoms with Crippen LogP contribution in [0.3, 0.4) is 0 Å². The summed E-state index contributed by atoms with van der Waals surface area (Å²) in [5.74, 6) is 1.09. The van der Waals surface area contributed by atoms with Gasteiger partial charge in [-0.1, -0.05) is 27.7 Å². The van der Waals surface area contributed by atoms with E-state index in [4.69, 9.17) is 20.4 Å². The van der Waals surface area contributed by atoms with E-state index in [0.29, 0.717) is 24.2 Å². The molecule has 8 atom stereocenters. The van der Waals surface area contributed by atoms with Gasteiger partial charge in [-0.05, 0) is 65.5 Å². The molecule has 0 bridgehead atoms. The molecule has 0 aliphatic carbocycles. The minimum absolute atomic E-state index is 0.214. The molecule has 0 saturated heterocycles. The first-order valence-electron chi connectivity index (χ1n) is 10.8. The Hall–Kier alpha value is -0.240. The van der Waals surface area contributed by atoms with Crippen LogP contribution in [-0.4, -0.2) is 94.9 Å². The Labute approximate surface area is 174 Å². The quantitative estimate of drug-likeness (QED) is 0.396. The molecule has 0 fully saturated rings. The van der Waals surface area contributed by atoms with Crippen LogP contribution in [0.1, 0.15) is 55.4 Å². The summed E-state index contributed by atoms with van der Waals surface area (Å²) < 4.78 is 0. The number of hydrogen-bond donors (Lipinski definition) is 4. The van der Waals surface area contributed by atoms with Crippen molar-refractivity contribution in [2.75, 3.05) is 40.5 Å². The SMILES string of the molecule is CC(CO)C(C)N(C)C(C)C(C)CO.CC(CO)C(C)N(C)C(C)C(C)CO. The minimum atomic E-state index is 0.214. The van der Waals surface area contributed by atoms with E-state index in [1.54, 1.807) is 0 Å². The molecule has 0 rings (SSSR count). The lowest BCUT2D eigenvalue weighted by atomic mass is 9.97. The summed E-state index contributed by atoms with van der Waals surface area (Å²) in [5, 5.41) is 36.2. The fraction of sp³-hybridized carbons (Fsp3) is 1.00. The van der Waals surface area contributed by atoms with Crippen LogP contribution in [0.25, 0.3) is 0 Å². The van der Waals surface area contributed by atoms with Crippen molar-refractivity contribution in [3.63, 3.8) is 0 Å². The van der Waals surface area contributed by atoms with Crippen molar-refractivity contribution >= 4 is 0 Å².